The molecule has 1 aromatic rings. The van der Waals surface area contributed by atoms with Gasteiger partial charge in [0.1, 0.15) is 11.5 Å². The summed E-state index contributed by atoms with van der Waals surface area (Å²) in [4.78, 5) is 14.2. The number of likely N-dealkylation sites (tertiary alicyclic amines) is 1. The predicted molar refractivity (Wildman–Crippen MR) is 66.2 cm³/mol. The Labute approximate surface area is 102 Å². The van der Waals surface area contributed by atoms with E-state index < -0.39 is 0 Å². The van der Waals surface area contributed by atoms with Crippen LogP contribution in [0, 0.1) is 13.8 Å². The number of hydrogen-bond donors (Lipinski definition) is 1. The molecule has 1 aromatic heterocycles. The van der Waals surface area contributed by atoms with Crippen LogP contribution in [-0.2, 0) is 0 Å². The van der Waals surface area contributed by atoms with Gasteiger partial charge in [0.05, 0.1) is 5.56 Å². The number of piperidine rings is 1. The van der Waals surface area contributed by atoms with Crippen LogP contribution in [-0.4, -0.2) is 37.0 Å². The minimum atomic E-state index is 0.105. The van der Waals surface area contributed by atoms with E-state index >= 15 is 0 Å². The third kappa shape index (κ3) is 2.52. The monoisotopic (exact) mass is 236 g/mol. The Balaban J connectivity index is 2.04. The standard InChI is InChI=1S/C13H20N2O2/c1-9-8-12(10(2)17-9)13(16)15-6-4-11(14-3)5-7-15/h8,11,14H,4-7H2,1-3H3. The first-order valence-electron chi connectivity index (χ1n) is 6.15. The quantitative estimate of drug-likeness (QED) is 0.850. The SMILES string of the molecule is CNC1CCN(C(=O)c2cc(C)oc2C)CC1. The normalized spacial score (nSPS) is 17.5. The van der Waals surface area contributed by atoms with Crippen molar-refractivity contribution >= 4 is 5.91 Å². The van der Waals surface area contributed by atoms with Crippen LogP contribution in [0.1, 0.15) is 34.7 Å². The van der Waals surface area contributed by atoms with Crippen LogP contribution < -0.4 is 5.32 Å². The molecule has 0 aliphatic carbocycles. The molecule has 1 aliphatic heterocycles. The first kappa shape index (κ1) is 12.2. The second kappa shape index (κ2) is 4.92. The second-order valence-corrected chi connectivity index (χ2v) is 4.68. The van der Waals surface area contributed by atoms with Crippen LogP contribution in [0.2, 0.25) is 0 Å². The van der Waals surface area contributed by atoms with Crippen LogP contribution in [0.5, 0.6) is 0 Å². The summed E-state index contributed by atoms with van der Waals surface area (Å²) in [5.41, 5.74) is 0.713. The average Bonchev–Trinajstić information content (AvgIpc) is 2.68. The van der Waals surface area contributed by atoms with Crippen molar-refractivity contribution in [3.05, 3.63) is 23.2 Å². The van der Waals surface area contributed by atoms with Crippen LogP contribution in [0.15, 0.2) is 10.5 Å². The molecule has 0 saturated carbocycles. The van der Waals surface area contributed by atoms with Gasteiger partial charge in [-0.3, -0.25) is 4.79 Å². The van der Waals surface area contributed by atoms with Gasteiger partial charge in [-0.05, 0) is 39.8 Å². The Kier molecular flexibility index (Phi) is 3.52. The highest BCUT2D eigenvalue weighted by Crippen LogP contribution is 2.19. The van der Waals surface area contributed by atoms with Gasteiger partial charge >= 0.3 is 0 Å². The molecule has 4 heteroatoms. The summed E-state index contributed by atoms with van der Waals surface area (Å²) >= 11 is 0. The van der Waals surface area contributed by atoms with Crippen molar-refractivity contribution in [1.82, 2.24) is 10.2 Å². The van der Waals surface area contributed by atoms with Crippen molar-refractivity contribution in [3.63, 3.8) is 0 Å². The van der Waals surface area contributed by atoms with E-state index in [2.05, 4.69) is 5.32 Å². The number of carbonyl (C=O) groups excluding carboxylic acids is 1. The molecule has 2 heterocycles. The fourth-order valence-electron chi connectivity index (χ4n) is 2.38. The molecule has 2 rings (SSSR count). The maximum atomic E-state index is 12.3. The molecule has 17 heavy (non-hydrogen) atoms. The fraction of sp³-hybridized carbons (Fsp3) is 0.615. The summed E-state index contributed by atoms with van der Waals surface area (Å²) in [7, 11) is 1.98. The summed E-state index contributed by atoms with van der Waals surface area (Å²) in [6.07, 6.45) is 2.05. The van der Waals surface area contributed by atoms with Gasteiger partial charge in [-0.15, -0.1) is 0 Å². The average molecular weight is 236 g/mol. The summed E-state index contributed by atoms with van der Waals surface area (Å²) in [6.45, 7) is 5.37. The molecule has 1 amide bonds. The number of amides is 1. The van der Waals surface area contributed by atoms with E-state index in [0.29, 0.717) is 11.6 Å². The van der Waals surface area contributed by atoms with Crippen molar-refractivity contribution in [2.75, 3.05) is 20.1 Å². The minimum Gasteiger partial charge on any atom is -0.466 e. The lowest BCUT2D eigenvalue weighted by Crippen LogP contribution is -2.44. The highest BCUT2D eigenvalue weighted by Gasteiger charge is 2.24. The fourth-order valence-corrected chi connectivity index (χ4v) is 2.38. The van der Waals surface area contributed by atoms with Crippen LogP contribution >= 0.6 is 0 Å². The second-order valence-electron chi connectivity index (χ2n) is 4.68. The molecular weight excluding hydrogens is 216 g/mol. The highest BCUT2D eigenvalue weighted by molar-refractivity contribution is 5.95. The molecule has 1 saturated heterocycles. The number of nitrogens with one attached hydrogen (secondary N) is 1. The summed E-state index contributed by atoms with van der Waals surface area (Å²) < 4.78 is 5.41. The van der Waals surface area contributed by atoms with Gasteiger partial charge in [0.2, 0.25) is 0 Å². The molecule has 94 valence electrons. The van der Waals surface area contributed by atoms with E-state index in [4.69, 9.17) is 4.42 Å². The molecule has 1 N–H and O–H groups in total. The van der Waals surface area contributed by atoms with Gasteiger partial charge in [0.15, 0.2) is 0 Å². The number of furan rings is 1. The Morgan fingerprint density at radius 2 is 2.06 bits per heavy atom. The Hall–Kier alpha value is -1.29. The van der Waals surface area contributed by atoms with E-state index in [1.54, 1.807) is 0 Å². The van der Waals surface area contributed by atoms with Gasteiger partial charge in [-0.2, -0.15) is 0 Å². The topological polar surface area (TPSA) is 45.5 Å². The highest BCUT2D eigenvalue weighted by atomic mass is 16.3. The van der Waals surface area contributed by atoms with Gasteiger partial charge in [0.25, 0.3) is 5.91 Å². The van der Waals surface area contributed by atoms with Gasteiger partial charge in [0, 0.05) is 19.1 Å². The largest absolute Gasteiger partial charge is 0.466 e. The zero-order valence-electron chi connectivity index (χ0n) is 10.7. The Morgan fingerprint density at radius 1 is 1.41 bits per heavy atom. The first-order valence-corrected chi connectivity index (χ1v) is 6.15. The van der Waals surface area contributed by atoms with E-state index in [1.165, 1.54) is 0 Å². The van der Waals surface area contributed by atoms with E-state index in [9.17, 15) is 4.79 Å². The number of hydrogen-bond acceptors (Lipinski definition) is 3. The number of aryl methyl sites for hydroxylation is 2. The van der Waals surface area contributed by atoms with E-state index in [0.717, 1.165) is 37.5 Å². The maximum Gasteiger partial charge on any atom is 0.257 e. The zero-order valence-corrected chi connectivity index (χ0v) is 10.7. The van der Waals surface area contributed by atoms with Crippen molar-refractivity contribution in [2.45, 2.75) is 32.7 Å². The zero-order chi connectivity index (χ0) is 12.4. The minimum absolute atomic E-state index is 0.105. The molecule has 0 bridgehead atoms. The molecule has 1 fully saturated rings. The molecular formula is C13H20N2O2. The lowest BCUT2D eigenvalue weighted by molar-refractivity contribution is 0.0705. The Bertz CT molecular complexity index is 404. The molecule has 4 nitrogen and oxygen atoms in total. The predicted octanol–water partition coefficient (Wildman–Crippen LogP) is 1.72. The molecule has 0 atom stereocenters. The van der Waals surface area contributed by atoms with Crippen molar-refractivity contribution in [1.29, 1.82) is 0 Å². The van der Waals surface area contributed by atoms with Gasteiger partial charge in [-0.1, -0.05) is 0 Å². The van der Waals surface area contributed by atoms with Crippen LogP contribution in [0.25, 0.3) is 0 Å². The molecule has 0 radical (unpaired) electrons. The summed E-state index contributed by atoms with van der Waals surface area (Å²) in [5.74, 6) is 1.63. The van der Waals surface area contributed by atoms with Gasteiger partial charge < -0.3 is 14.6 Å². The molecule has 0 aromatic carbocycles. The third-order valence-electron chi connectivity index (χ3n) is 3.46. The first-order chi connectivity index (χ1) is 8.11. The number of carbonyl (C=O) groups is 1. The molecule has 0 spiro atoms. The maximum absolute atomic E-state index is 12.3. The summed E-state index contributed by atoms with van der Waals surface area (Å²) in [5, 5.41) is 3.26. The molecule has 1 aliphatic rings. The summed E-state index contributed by atoms with van der Waals surface area (Å²) in [6, 6.07) is 2.38. The van der Waals surface area contributed by atoms with Crippen LogP contribution in [0.4, 0.5) is 0 Å². The van der Waals surface area contributed by atoms with Crippen molar-refractivity contribution < 1.29 is 9.21 Å². The van der Waals surface area contributed by atoms with Crippen molar-refractivity contribution in [2.24, 2.45) is 0 Å². The Morgan fingerprint density at radius 3 is 2.53 bits per heavy atom. The number of nitrogens with zero attached hydrogens (tertiary/aromatic N) is 1. The lowest BCUT2D eigenvalue weighted by Gasteiger charge is -2.31. The van der Waals surface area contributed by atoms with Crippen molar-refractivity contribution in [3.8, 4) is 0 Å². The smallest absolute Gasteiger partial charge is 0.257 e. The lowest BCUT2D eigenvalue weighted by atomic mass is 10.0. The van der Waals surface area contributed by atoms with Gasteiger partial charge in [-0.25, -0.2) is 0 Å². The molecule has 0 unspecified atom stereocenters. The van der Waals surface area contributed by atoms with E-state index in [1.807, 2.05) is 31.9 Å². The third-order valence-corrected chi connectivity index (χ3v) is 3.46. The van der Waals surface area contributed by atoms with E-state index in [-0.39, 0.29) is 5.91 Å². The number of rotatable bonds is 2. The van der Waals surface area contributed by atoms with Crippen LogP contribution in [0.3, 0.4) is 0 Å².